The van der Waals surface area contributed by atoms with Crippen molar-refractivity contribution in [3.8, 4) is 0 Å². The monoisotopic (exact) mass is 345 g/mol. The summed E-state index contributed by atoms with van der Waals surface area (Å²) in [6.07, 6.45) is -3.91. The normalized spacial score (nSPS) is 24.0. The van der Waals surface area contributed by atoms with Crippen LogP contribution in [0.3, 0.4) is 0 Å². The third kappa shape index (κ3) is 4.56. The number of hydrogen-bond donors (Lipinski definition) is 1. The molecule has 0 unspecified atom stereocenters. The molecule has 1 aliphatic heterocycles. The number of alkyl halides is 3. The SMILES string of the molecule is CCCNC(=O)CN1C[C@H](C(F)(F)F)[C@@H](S(=O)(=O)N(C)C)C1. The lowest BCUT2D eigenvalue weighted by molar-refractivity contribution is -0.170. The third-order valence-electron chi connectivity index (χ3n) is 3.59. The van der Waals surface area contributed by atoms with Crippen LogP contribution in [-0.2, 0) is 14.8 Å². The second-order valence-electron chi connectivity index (χ2n) is 5.56. The Morgan fingerprint density at radius 2 is 1.91 bits per heavy atom. The first kappa shape index (κ1) is 19.2. The molecule has 0 aliphatic carbocycles. The molecule has 1 saturated heterocycles. The molecule has 10 heteroatoms. The number of likely N-dealkylation sites (tertiary alicyclic amines) is 1. The number of rotatable bonds is 6. The van der Waals surface area contributed by atoms with E-state index >= 15 is 0 Å². The Hall–Kier alpha value is -0.870. The van der Waals surface area contributed by atoms with Crippen LogP contribution < -0.4 is 5.32 Å². The molecular formula is C12H22F3N3O3S. The van der Waals surface area contributed by atoms with E-state index in [1.165, 1.54) is 19.0 Å². The van der Waals surface area contributed by atoms with Gasteiger partial charge in [0, 0.05) is 33.7 Å². The van der Waals surface area contributed by atoms with Crippen molar-refractivity contribution in [3.05, 3.63) is 0 Å². The van der Waals surface area contributed by atoms with E-state index in [1.54, 1.807) is 0 Å². The van der Waals surface area contributed by atoms with E-state index in [4.69, 9.17) is 0 Å². The van der Waals surface area contributed by atoms with Crippen molar-refractivity contribution in [2.24, 2.45) is 5.92 Å². The predicted octanol–water partition coefficient (Wildman–Crippen LogP) is 0.267. The molecule has 0 radical (unpaired) electrons. The van der Waals surface area contributed by atoms with E-state index < -0.39 is 39.8 Å². The maximum atomic E-state index is 13.1. The number of sulfonamides is 1. The second-order valence-corrected chi connectivity index (χ2v) is 7.92. The summed E-state index contributed by atoms with van der Waals surface area (Å²) in [6, 6.07) is 0. The Bertz CT molecular complexity index is 494. The maximum absolute atomic E-state index is 13.1. The van der Waals surface area contributed by atoms with Crippen molar-refractivity contribution >= 4 is 15.9 Å². The Balaban J connectivity index is 2.87. The highest BCUT2D eigenvalue weighted by Gasteiger charge is 2.55. The van der Waals surface area contributed by atoms with Crippen LogP contribution in [0.15, 0.2) is 0 Å². The third-order valence-corrected chi connectivity index (χ3v) is 5.85. The number of carbonyl (C=O) groups excluding carboxylic acids is 1. The Morgan fingerprint density at radius 3 is 2.36 bits per heavy atom. The van der Waals surface area contributed by atoms with E-state index in [1.807, 2.05) is 6.92 Å². The van der Waals surface area contributed by atoms with Crippen LogP contribution in [-0.4, -0.2) is 75.2 Å². The summed E-state index contributed by atoms with van der Waals surface area (Å²) in [5.74, 6) is -2.38. The fourth-order valence-electron chi connectivity index (χ4n) is 2.39. The molecule has 0 aromatic rings. The standard InChI is InChI=1S/C12H22F3N3O3S/c1-4-5-16-11(19)8-18-6-9(12(13,14)15)10(7-18)22(20,21)17(2)3/h9-10H,4-8H2,1-3H3,(H,16,19)/t9-,10-/m0/s1. The zero-order valence-electron chi connectivity index (χ0n) is 12.9. The molecule has 0 bridgehead atoms. The number of amides is 1. The van der Waals surface area contributed by atoms with Gasteiger partial charge in [0.1, 0.15) is 5.25 Å². The van der Waals surface area contributed by atoms with Crippen molar-refractivity contribution in [1.82, 2.24) is 14.5 Å². The minimum atomic E-state index is -4.62. The van der Waals surface area contributed by atoms with Crippen LogP contribution in [0.25, 0.3) is 0 Å². The molecule has 0 aromatic carbocycles. The van der Waals surface area contributed by atoms with Gasteiger partial charge < -0.3 is 5.32 Å². The van der Waals surface area contributed by atoms with Gasteiger partial charge in [0.05, 0.1) is 12.5 Å². The number of nitrogens with one attached hydrogen (secondary N) is 1. The molecule has 1 aliphatic rings. The largest absolute Gasteiger partial charge is 0.394 e. The summed E-state index contributed by atoms with van der Waals surface area (Å²) in [6.45, 7) is 1.28. The minimum Gasteiger partial charge on any atom is -0.355 e. The molecule has 1 heterocycles. The number of nitrogens with zero attached hydrogens (tertiary/aromatic N) is 2. The molecule has 0 saturated carbocycles. The molecule has 22 heavy (non-hydrogen) atoms. The molecule has 1 fully saturated rings. The highest BCUT2D eigenvalue weighted by atomic mass is 32.2. The highest BCUT2D eigenvalue weighted by Crippen LogP contribution is 2.37. The molecule has 0 spiro atoms. The summed E-state index contributed by atoms with van der Waals surface area (Å²) in [5, 5.41) is 0.985. The summed E-state index contributed by atoms with van der Waals surface area (Å²) in [7, 11) is -1.64. The highest BCUT2D eigenvalue weighted by molar-refractivity contribution is 7.89. The average molecular weight is 345 g/mol. The summed E-state index contributed by atoms with van der Waals surface area (Å²) in [4.78, 5) is 12.9. The van der Waals surface area contributed by atoms with Crippen molar-refractivity contribution in [1.29, 1.82) is 0 Å². The maximum Gasteiger partial charge on any atom is 0.394 e. The molecule has 6 nitrogen and oxygen atoms in total. The molecule has 1 rings (SSSR count). The first-order valence-electron chi connectivity index (χ1n) is 6.97. The van der Waals surface area contributed by atoms with Crippen molar-refractivity contribution in [3.63, 3.8) is 0 Å². The average Bonchev–Trinajstić information content (AvgIpc) is 2.80. The van der Waals surface area contributed by atoms with Gasteiger partial charge in [-0.2, -0.15) is 13.2 Å². The van der Waals surface area contributed by atoms with Crippen molar-refractivity contribution in [2.45, 2.75) is 24.8 Å². The summed E-state index contributed by atoms with van der Waals surface area (Å²) < 4.78 is 64.3. The fraction of sp³-hybridized carbons (Fsp3) is 0.917. The van der Waals surface area contributed by atoms with Crippen LogP contribution in [0, 0.1) is 5.92 Å². The van der Waals surface area contributed by atoms with Crippen LogP contribution in [0.1, 0.15) is 13.3 Å². The topological polar surface area (TPSA) is 69.7 Å². The van der Waals surface area contributed by atoms with Crippen LogP contribution in [0.2, 0.25) is 0 Å². The van der Waals surface area contributed by atoms with Gasteiger partial charge in [-0.15, -0.1) is 0 Å². The van der Waals surface area contributed by atoms with Gasteiger partial charge in [-0.3, -0.25) is 9.69 Å². The lowest BCUT2D eigenvalue weighted by atomic mass is 10.1. The number of halogens is 3. The van der Waals surface area contributed by atoms with Gasteiger partial charge >= 0.3 is 6.18 Å². The molecule has 130 valence electrons. The number of carbonyl (C=O) groups is 1. The Morgan fingerprint density at radius 1 is 1.32 bits per heavy atom. The second kappa shape index (κ2) is 7.14. The Kier molecular flexibility index (Phi) is 6.22. The molecule has 2 atom stereocenters. The van der Waals surface area contributed by atoms with Crippen LogP contribution in [0.4, 0.5) is 13.2 Å². The van der Waals surface area contributed by atoms with E-state index in [2.05, 4.69) is 5.32 Å². The number of hydrogen-bond acceptors (Lipinski definition) is 4. The van der Waals surface area contributed by atoms with Gasteiger partial charge in [0.25, 0.3) is 0 Å². The smallest absolute Gasteiger partial charge is 0.355 e. The van der Waals surface area contributed by atoms with E-state index in [9.17, 15) is 26.4 Å². The van der Waals surface area contributed by atoms with Gasteiger partial charge in [0.15, 0.2) is 0 Å². The summed E-state index contributed by atoms with van der Waals surface area (Å²) >= 11 is 0. The molecule has 1 N–H and O–H groups in total. The van der Waals surface area contributed by atoms with E-state index in [0.29, 0.717) is 13.0 Å². The summed E-state index contributed by atoms with van der Waals surface area (Å²) in [5.41, 5.74) is 0. The van der Waals surface area contributed by atoms with Gasteiger partial charge in [-0.25, -0.2) is 12.7 Å². The zero-order chi connectivity index (χ0) is 17.1. The molecular weight excluding hydrogens is 323 g/mol. The van der Waals surface area contributed by atoms with Crippen molar-refractivity contribution < 1.29 is 26.4 Å². The first-order valence-corrected chi connectivity index (χ1v) is 8.47. The van der Waals surface area contributed by atoms with E-state index in [0.717, 1.165) is 4.31 Å². The lowest BCUT2D eigenvalue weighted by Crippen LogP contribution is -2.43. The Labute approximate surface area is 128 Å². The van der Waals surface area contributed by atoms with Gasteiger partial charge in [0.2, 0.25) is 15.9 Å². The fourth-order valence-corrected chi connectivity index (χ4v) is 3.99. The van der Waals surface area contributed by atoms with Gasteiger partial charge in [-0.1, -0.05) is 6.92 Å². The predicted molar refractivity (Wildman–Crippen MR) is 75.7 cm³/mol. The van der Waals surface area contributed by atoms with Gasteiger partial charge in [-0.05, 0) is 6.42 Å². The lowest BCUT2D eigenvalue weighted by Gasteiger charge is -2.24. The van der Waals surface area contributed by atoms with Crippen LogP contribution in [0.5, 0.6) is 0 Å². The van der Waals surface area contributed by atoms with Crippen LogP contribution >= 0.6 is 0 Å². The van der Waals surface area contributed by atoms with Crippen molar-refractivity contribution in [2.75, 3.05) is 40.3 Å². The zero-order valence-corrected chi connectivity index (χ0v) is 13.7. The quantitative estimate of drug-likeness (QED) is 0.750. The first-order chi connectivity index (χ1) is 10.00. The molecule has 1 amide bonds. The minimum absolute atomic E-state index is 0.230. The van der Waals surface area contributed by atoms with E-state index in [-0.39, 0.29) is 13.1 Å². The molecule has 0 aromatic heterocycles.